The number of nitrogens with zero attached hydrogens (tertiary/aromatic N) is 3. The Morgan fingerprint density at radius 2 is 2.11 bits per heavy atom. The van der Waals surface area contributed by atoms with Crippen LogP contribution in [-0.4, -0.2) is 33.8 Å². The Morgan fingerprint density at radius 3 is 2.85 bits per heavy atom. The summed E-state index contributed by atoms with van der Waals surface area (Å²) in [5.41, 5.74) is 1.13. The third kappa shape index (κ3) is 5.44. The van der Waals surface area contributed by atoms with Crippen molar-refractivity contribution in [3.63, 3.8) is 0 Å². The zero-order valence-electron chi connectivity index (χ0n) is 15.4. The highest BCUT2D eigenvalue weighted by molar-refractivity contribution is 5.93. The molecule has 3 aromatic rings. The Hall–Kier alpha value is -3.09. The maximum Gasteiger partial charge on any atom is 0.273 e. The van der Waals surface area contributed by atoms with Crippen molar-refractivity contribution in [3.8, 4) is 17.1 Å². The van der Waals surface area contributed by atoms with Gasteiger partial charge in [0, 0.05) is 37.1 Å². The lowest BCUT2D eigenvalue weighted by atomic mass is 10.1. The normalized spacial score (nSPS) is 10.7. The van der Waals surface area contributed by atoms with Crippen LogP contribution in [0.2, 0.25) is 0 Å². The van der Waals surface area contributed by atoms with Crippen molar-refractivity contribution in [3.05, 3.63) is 54.7 Å². The topological polar surface area (TPSA) is 82.2 Å². The number of hydrogen-bond acceptors (Lipinski definition) is 5. The summed E-state index contributed by atoms with van der Waals surface area (Å²) in [6.45, 7) is 4.20. The number of benzene rings is 1. The first kappa shape index (κ1) is 18.7. The van der Waals surface area contributed by atoms with Crippen molar-refractivity contribution in [1.29, 1.82) is 0 Å². The van der Waals surface area contributed by atoms with Gasteiger partial charge in [-0.25, -0.2) is 4.98 Å². The van der Waals surface area contributed by atoms with Crippen LogP contribution >= 0.6 is 0 Å². The molecule has 142 valence electrons. The standard InChI is InChI=1S/C20H24N4O3/c1-2-3-13-26-17-7-5-16(6-8-17)19-14-18(23-27-19)20(25)22-9-4-11-24-12-10-21-15-24/h5-8,10,12,14-15H,2-4,9,11,13H2,1H3,(H,22,25). The number of carbonyl (C=O) groups is 1. The average Bonchev–Trinajstić information content (AvgIpc) is 3.38. The fraction of sp³-hybridized carbons (Fsp3) is 0.350. The number of nitrogens with one attached hydrogen (secondary N) is 1. The van der Waals surface area contributed by atoms with Gasteiger partial charge in [0.1, 0.15) is 5.75 Å². The van der Waals surface area contributed by atoms with E-state index < -0.39 is 0 Å². The van der Waals surface area contributed by atoms with Gasteiger partial charge >= 0.3 is 0 Å². The van der Waals surface area contributed by atoms with E-state index in [4.69, 9.17) is 9.26 Å². The lowest BCUT2D eigenvalue weighted by Gasteiger charge is -2.05. The molecule has 0 aliphatic rings. The molecule has 0 unspecified atom stereocenters. The van der Waals surface area contributed by atoms with Gasteiger partial charge in [-0.15, -0.1) is 0 Å². The van der Waals surface area contributed by atoms with Crippen LogP contribution in [0.25, 0.3) is 11.3 Å². The summed E-state index contributed by atoms with van der Waals surface area (Å²) in [5.74, 6) is 1.14. The van der Waals surface area contributed by atoms with E-state index in [1.54, 1.807) is 18.6 Å². The molecule has 3 rings (SSSR count). The molecule has 0 fully saturated rings. The lowest BCUT2D eigenvalue weighted by Crippen LogP contribution is -2.25. The first-order valence-corrected chi connectivity index (χ1v) is 9.20. The number of ether oxygens (including phenoxy) is 1. The van der Waals surface area contributed by atoms with Gasteiger partial charge in [-0.05, 0) is 37.1 Å². The first-order valence-electron chi connectivity index (χ1n) is 9.20. The molecule has 0 saturated heterocycles. The molecule has 0 aliphatic heterocycles. The Balaban J connectivity index is 1.49. The van der Waals surface area contributed by atoms with Gasteiger partial charge in [0.15, 0.2) is 11.5 Å². The molecule has 0 atom stereocenters. The molecule has 0 spiro atoms. The monoisotopic (exact) mass is 368 g/mol. The molecule has 1 aromatic carbocycles. The molecule has 1 N–H and O–H groups in total. The molecule has 7 nitrogen and oxygen atoms in total. The van der Waals surface area contributed by atoms with Gasteiger partial charge in [-0.3, -0.25) is 4.79 Å². The molecule has 0 saturated carbocycles. The molecule has 27 heavy (non-hydrogen) atoms. The van der Waals surface area contributed by atoms with Crippen LogP contribution in [0.1, 0.15) is 36.7 Å². The Morgan fingerprint density at radius 1 is 1.26 bits per heavy atom. The van der Waals surface area contributed by atoms with Crippen molar-refractivity contribution in [2.45, 2.75) is 32.7 Å². The summed E-state index contributed by atoms with van der Waals surface area (Å²) in [5, 5.41) is 6.72. The summed E-state index contributed by atoms with van der Waals surface area (Å²) >= 11 is 0. The zero-order valence-corrected chi connectivity index (χ0v) is 15.4. The minimum Gasteiger partial charge on any atom is -0.494 e. The molecule has 0 aliphatic carbocycles. The Labute approximate surface area is 158 Å². The molecule has 2 heterocycles. The van der Waals surface area contributed by atoms with Crippen molar-refractivity contribution < 1.29 is 14.1 Å². The number of imidazole rings is 1. The SMILES string of the molecule is CCCCOc1ccc(-c2cc(C(=O)NCCCn3ccnc3)no2)cc1. The summed E-state index contributed by atoms with van der Waals surface area (Å²) in [6, 6.07) is 9.23. The van der Waals surface area contributed by atoms with E-state index in [-0.39, 0.29) is 11.6 Å². The zero-order chi connectivity index (χ0) is 18.9. The Kier molecular flexibility index (Phi) is 6.62. The first-order chi connectivity index (χ1) is 13.3. The second kappa shape index (κ2) is 9.56. The third-order valence-corrected chi connectivity index (χ3v) is 4.09. The van der Waals surface area contributed by atoms with Gasteiger partial charge in [0.2, 0.25) is 0 Å². The predicted molar refractivity (Wildman–Crippen MR) is 102 cm³/mol. The number of hydrogen-bond donors (Lipinski definition) is 1. The summed E-state index contributed by atoms with van der Waals surface area (Å²) in [4.78, 5) is 16.2. The number of aryl methyl sites for hydroxylation is 1. The predicted octanol–water partition coefficient (Wildman–Crippen LogP) is 3.54. The molecular weight excluding hydrogens is 344 g/mol. The van der Waals surface area contributed by atoms with Crippen LogP contribution in [0.3, 0.4) is 0 Å². The third-order valence-electron chi connectivity index (χ3n) is 4.09. The van der Waals surface area contributed by atoms with E-state index in [1.807, 2.05) is 35.0 Å². The minimum absolute atomic E-state index is 0.241. The second-order valence-corrected chi connectivity index (χ2v) is 6.21. The second-order valence-electron chi connectivity index (χ2n) is 6.21. The number of carbonyl (C=O) groups excluding carboxylic acids is 1. The van der Waals surface area contributed by atoms with E-state index in [9.17, 15) is 4.79 Å². The number of unbranched alkanes of at least 4 members (excludes halogenated alkanes) is 1. The molecule has 7 heteroatoms. The van der Waals surface area contributed by atoms with E-state index >= 15 is 0 Å². The smallest absolute Gasteiger partial charge is 0.273 e. The summed E-state index contributed by atoms with van der Waals surface area (Å²) in [6.07, 6.45) is 8.33. The number of aromatic nitrogens is 3. The largest absolute Gasteiger partial charge is 0.494 e. The van der Waals surface area contributed by atoms with Gasteiger partial charge in [0.25, 0.3) is 5.91 Å². The van der Waals surface area contributed by atoms with Crippen molar-refractivity contribution in [2.75, 3.05) is 13.2 Å². The fourth-order valence-corrected chi connectivity index (χ4v) is 2.54. The van der Waals surface area contributed by atoms with Crippen LogP contribution in [-0.2, 0) is 6.54 Å². The van der Waals surface area contributed by atoms with Gasteiger partial charge < -0.3 is 19.1 Å². The highest BCUT2D eigenvalue weighted by Crippen LogP contribution is 2.23. The van der Waals surface area contributed by atoms with Crippen LogP contribution in [0.5, 0.6) is 5.75 Å². The maximum absolute atomic E-state index is 12.2. The quantitative estimate of drug-likeness (QED) is 0.554. The average molecular weight is 368 g/mol. The van der Waals surface area contributed by atoms with E-state index in [2.05, 4.69) is 22.4 Å². The van der Waals surface area contributed by atoms with Gasteiger partial charge in [-0.2, -0.15) is 0 Å². The van der Waals surface area contributed by atoms with Crippen molar-refractivity contribution in [2.24, 2.45) is 0 Å². The van der Waals surface area contributed by atoms with Crippen molar-refractivity contribution in [1.82, 2.24) is 20.0 Å². The minimum atomic E-state index is -0.241. The summed E-state index contributed by atoms with van der Waals surface area (Å²) < 4.78 is 12.9. The van der Waals surface area contributed by atoms with Crippen molar-refractivity contribution >= 4 is 5.91 Å². The summed E-state index contributed by atoms with van der Waals surface area (Å²) in [7, 11) is 0. The van der Waals surface area contributed by atoms with Crippen LogP contribution in [0.4, 0.5) is 0 Å². The number of amides is 1. The molecule has 2 aromatic heterocycles. The highest BCUT2D eigenvalue weighted by Gasteiger charge is 2.13. The molecular formula is C20H24N4O3. The van der Waals surface area contributed by atoms with Crippen LogP contribution in [0.15, 0.2) is 53.6 Å². The number of rotatable bonds is 10. The maximum atomic E-state index is 12.2. The fourth-order valence-electron chi connectivity index (χ4n) is 2.54. The van der Waals surface area contributed by atoms with E-state index in [1.165, 1.54) is 0 Å². The van der Waals surface area contributed by atoms with Gasteiger partial charge in [0.05, 0.1) is 12.9 Å². The van der Waals surface area contributed by atoms with Crippen LogP contribution < -0.4 is 10.1 Å². The molecule has 0 bridgehead atoms. The molecule has 0 radical (unpaired) electrons. The van der Waals surface area contributed by atoms with Gasteiger partial charge in [-0.1, -0.05) is 18.5 Å². The Bertz CT molecular complexity index is 825. The lowest BCUT2D eigenvalue weighted by molar-refractivity contribution is 0.0944. The highest BCUT2D eigenvalue weighted by atomic mass is 16.5. The van der Waals surface area contributed by atoms with Crippen LogP contribution in [0, 0.1) is 0 Å². The van der Waals surface area contributed by atoms with E-state index in [0.29, 0.717) is 18.9 Å². The molecule has 1 amide bonds. The van der Waals surface area contributed by atoms with E-state index in [0.717, 1.165) is 37.1 Å².